The van der Waals surface area contributed by atoms with E-state index in [1.165, 1.54) is 12.8 Å². The molecule has 1 aromatic rings. The summed E-state index contributed by atoms with van der Waals surface area (Å²) in [7, 11) is 0. The third kappa shape index (κ3) is 3.82. The first kappa shape index (κ1) is 13.6. The van der Waals surface area contributed by atoms with Crippen molar-refractivity contribution in [2.45, 2.75) is 64.3 Å². The van der Waals surface area contributed by atoms with Crippen LogP contribution in [-0.2, 0) is 11.3 Å². The fourth-order valence-electron chi connectivity index (χ4n) is 2.65. The standard InChI is InChI=1S/C14H25N3O/c1-3-13-14(6-5-12(2)16-13)18-10-4-8-17-9-7-15-11-17/h7,9,11-14,16H,3-6,8,10H2,1-2H3. The van der Waals surface area contributed by atoms with Gasteiger partial charge in [-0.25, -0.2) is 4.98 Å². The summed E-state index contributed by atoms with van der Waals surface area (Å²) in [6, 6.07) is 1.17. The van der Waals surface area contributed by atoms with Crippen molar-refractivity contribution in [2.75, 3.05) is 6.61 Å². The Balaban J connectivity index is 1.66. The highest BCUT2D eigenvalue weighted by Crippen LogP contribution is 2.18. The molecule has 1 fully saturated rings. The van der Waals surface area contributed by atoms with E-state index >= 15 is 0 Å². The van der Waals surface area contributed by atoms with Gasteiger partial charge in [-0.3, -0.25) is 0 Å². The Morgan fingerprint density at radius 1 is 1.44 bits per heavy atom. The molecular weight excluding hydrogens is 226 g/mol. The quantitative estimate of drug-likeness (QED) is 0.788. The summed E-state index contributed by atoms with van der Waals surface area (Å²) in [5, 5.41) is 3.63. The molecule has 3 atom stereocenters. The lowest BCUT2D eigenvalue weighted by Gasteiger charge is -2.35. The number of hydrogen-bond donors (Lipinski definition) is 1. The van der Waals surface area contributed by atoms with Gasteiger partial charge in [-0.05, 0) is 32.6 Å². The van der Waals surface area contributed by atoms with Gasteiger partial charge in [-0.15, -0.1) is 0 Å². The molecule has 1 aliphatic heterocycles. The van der Waals surface area contributed by atoms with Gasteiger partial charge in [-0.2, -0.15) is 0 Å². The van der Waals surface area contributed by atoms with E-state index in [-0.39, 0.29) is 0 Å². The van der Waals surface area contributed by atoms with Gasteiger partial charge in [0.15, 0.2) is 0 Å². The number of nitrogens with zero attached hydrogens (tertiary/aromatic N) is 2. The second-order valence-electron chi connectivity index (χ2n) is 5.22. The molecule has 4 heteroatoms. The van der Waals surface area contributed by atoms with Crippen LogP contribution < -0.4 is 5.32 Å². The third-order valence-corrected chi connectivity index (χ3v) is 3.72. The molecule has 1 saturated heterocycles. The van der Waals surface area contributed by atoms with Crippen LogP contribution in [-0.4, -0.2) is 34.3 Å². The number of piperidine rings is 1. The molecule has 0 amide bonds. The monoisotopic (exact) mass is 251 g/mol. The van der Waals surface area contributed by atoms with E-state index in [9.17, 15) is 0 Å². The molecule has 0 aliphatic carbocycles. The number of aryl methyl sites for hydroxylation is 1. The van der Waals surface area contributed by atoms with Crippen molar-refractivity contribution in [3.8, 4) is 0 Å². The molecule has 0 spiro atoms. The Kier molecular flexibility index (Phi) is 5.20. The number of aromatic nitrogens is 2. The van der Waals surface area contributed by atoms with E-state index < -0.39 is 0 Å². The Morgan fingerprint density at radius 2 is 2.33 bits per heavy atom. The Bertz CT molecular complexity index is 326. The fourth-order valence-corrected chi connectivity index (χ4v) is 2.65. The lowest BCUT2D eigenvalue weighted by atomic mass is 9.95. The molecule has 3 unspecified atom stereocenters. The molecular formula is C14H25N3O. The summed E-state index contributed by atoms with van der Waals surface area (Å²) in [4.78, 5) is 4.04. The molecule has 2 rings (SSSR count). The first-order valence-electron chi connectivity index (χ1n) is 7.13. The second-order valence-corrected chi connectivity index (χ2v) is 5.22. The SMILES string of the molecule is CCC1NC(C)CCC1OCCCn1ccnc1. The number of ether oxygens (including phenoxy) is 1. The van der Waals surface area contributed by atoms with Gasteiger partial charge in [0.2, 0.25) is 0 Å². The average molecular weight is 251 g/mol. The predicted octanol–water partition coefficient (Wildman–Crippen LogP) is 2.21. The predicted molar refractivity (Wildman–Crippen MR) is 72.5 cm³/mol. The number of rotatable bonds is 6. The van der Waals surface area contributed by atoms with Crippen molar-refractivity contribution >= 4 is 0 Å². The van der Waals surface area contributed by atoms with Gasteiger partial charge in [0, 0.05) is 37.6 Å². The average Bonchev–Trinajstić information content (AvgIpc) is 2.89. The largest absolute Gasteiger partial charge is 0.377 e. The van der Waals surface area contributed by atoms with Crippen LogP contribution in [0.4, 0.5) is 0 Å². The summed E-state index contributed by atoms with van der Waals surface area (Å²) in [6.07, 6.45) is 10.7. The van der Waals surface area contributed by atoms with Crippen molar-refractivity contribution in [3.05, 3.63) is 18.7 Å². The highest BCUT2D eigenvalue weighted by Gasteiger charge is 2.26. The maximum Gasteiger partial charge on any atom is 0.0945 e. The number of imidazole rings is 1. The van der Waals surface area contributed by atoms with Crippen molar-refractivity contribution in [3.63, 3.8) is 0 Å². The van der Waals surface area contributed by atoms with Gasteiger partial charge in [0.25, 0.3) is 0 Å². The molecule has 2 heterocycles. The maximum absolute atomic E-state index is 6.04. The molecule has 18 heavy (non-hydrogen) atoms. The molecule has 0 aromatic carbocycles. The van der Waals surface area contributed by atoms with E-state index in [4.69, 9.17) is 4.74 Å². The van der Waals surface area contributed by atoms with E-state index in [1.54, 1.807) is 0 Å². The Morgan fingerprint density at radius 3 is 3.06 bits per heavy atom. The van der Waals surface area contributed by atoms with Crippen molar-refractivity contribution < 1.29 is 4.74 Å². The normalized spacial score (nSPS) is 28.4. The van der Waals surface area contributed by atoms with Gasteiger partial charge < -0.3 is 14.6 Å². The summed E-state index contributed by atoms with van der Waals surface area (Å²) >= 11 is 0. The Labute approximate surface area is 110 Å². The van der Waals surface area contributed by atoms with Crippen LogP contribution in [0.25, 0.3) is 0 Å². The van der Waals surface area contributed by atoms with Crippen LogP contribution in [0.15, 0.2) is 18.7 Å². The molecule has 1 aromatic heterocycles. The summed E-state index contributed by atoms with van der Waals surface area (Å²) in [5.41, 5.74) is 0. The zero-order chi connectivity index (χ0) is 12.8. The summed E-state index contributed by atoms with van der Waals surface area (Å²) in [6.45, 7) is 6.33. The molecule has 4 nitrogen and oxygen atoms in total. The molecule has 0 radical (unpaired) electrons. The highest BCUT2D eigenvalue weighted by molar-refractivity contribution is 4.85. The lowest BCUT2D eigenvalue weighted by Crippen LogP contribution is -2.50. The maximum atomic E-state index is 6.04. The molecule has 1 N–H and O–H groups in total. The summed E-state index contributed by atoms with van der Waals surface area (Å²) < 4.78 is 8.14. The minimum atomic E-state index is 0.397. The lowest BCUT2D eigenvalue weighted by molar-refractivity contribution is -0.00254. The summed E-state index contributed by atoms with van der Waals surface area (Å²) in [5.74, 6) is 0. The first-order chi connectivity index (χ1) is 8.79. The van der Waals surface area contributed by atoms with Crippen LogP contribution in [0.2, 0.25) is 0 Å². The van der Waals surface area contributed by atoms with E-state index in [0.717, 1.165) is 26.0 Å². The van der Waals surface area contributed by atoms with Gasteiger partial charge in [0.1, 0.15) is 0 Å². The topological polar surface area (TPSA) is 39.1 Å². The molecule has 102 valence electrons. The van der Waals surface area contributed by atoms with E-state index in [1.807, 2.05) is 18.7 Å². The zero-order valence-corrected chi connectivity index (χ0v) is 11.5. The highest BCUT2D eigenvalue weighted by atomic mass is 16.5. The smallest absolute Gasteiger partial charge is 0.0945 e. The second kappa shape index (κ2) is 6.90. The van der Waals surface area contributed by atoms with Gasteiger partial charge in [-0.1, -0.05) is 6.92 Å². The molecule has 0 bridgehead atoms. The van der Waals surface area contributed by atoms with Crippen LogP contribution in [0.5, 0.6) is 0 Å². The molecule has 0 saturated carbocycles. The van der Waals surface area contributed by atoms with Gasteiger partial charge in [0.05, 0.1) is 12.4 Å². The van der Waals surface area contributed by atoms with Crippen LogP contribution in [0, 0.1) is 0 Å². The van der Waals surface area contributed by atoms with Crippen LogP contribution in [0.3, 0.4) is 0 Å². The minimum Gasteiger partial charge on any atom is -0.377 e. The molecule has 1 aliphatic rings. The Hall–Kier alpha value is -0.870. The zero-order valence-electron chi connectivity index (χ0n) is 11.5. The minimum absolute atomic E-state index is 0.397. The fraction of sp³-hybridized carbons (Fsp3) is 0.786. The number of nitrogens with one attached hydrogen (secondary N) is 1. The number of hydrogen-bond acceptors (Lipinski definition) is 3. The van der Waals surface area contributed by atoms with Crippen molar-refractivity contribution in [2.24, 2.45) is 0 Å². The third-order valence-electron chi connectivity index (χ3n) is 3.72. The first-order valence-corrected chi connectivity index (χ1v) is 7.13. The van der Waals surface area contributed by atoms with Crippen molar-refractivity contribution in [1.29, 1.82) is 0 Å². The van der Waals surface area contributed by atoms with Gasteiger partial charge >= 0.3 is 0 Å². The van der Waals surface area contributed by atoms with E-state index in [0.29, 0.717) is 18.2 Å². The van der Waals surface area contributed by atoms with Crippen LogP contribution in [0.1, 0.15) is 39.5 Å². The van der Waals surface area contributed by atoms with Crippen LogP contribution >= 0.6 is 0 Å². The van der Waals surface area contributed by atoms with E-state index in [2.05, 4.69) is 28.7 Å². The van der Waals surface area contributed by atoms with Crippen molar-refractivity contribution in [1.82, 2.24) is 14.9 Å².